The smallest absolute Gasteiger partial charge is 0.353 e. The third kappa shape index (κ3) is 1.27. The van der Waals surface area contributed by atoms with Crippen molar-refractivity contribution in [1.29, 1.82) is 0 Å². The number of carbonyl (C=O) groups excluding carboxylic acids is 1. The van der Waals surface area contributed by atoms with Crippen LogP contribution in [0.15, 0.2) is 6.07 Å². The first kappa shape index (κ1) is 9.92. The van der Waals surface area contributed by atoms with Crippen LogP contribution in [0.2, 0.25) is 0 Å². The maximum atomic E-state index is 11.0. The van der Waals surface area contributed by atoms with E-state index in [9.17, 15) is 9.59 Å². The maximum absolute atomic E-state index is 11.0. The Bertz CT molecular complexity index is 565. The van der Waals surface area contributed by atoms with Gasteiger partial charge in [-0.05, 0) is 13.0 Å². The second-order valence-electron chi connectivity index (χ2n) is 3.32. The molecule has 0 spiro atoms. The zero-order valence-electron chi connectivity index (χ0n) is 8.27. The summed E-state index contributed by atoms with van der Waals surface area (Å²) in [6.45, 7) is 1.93. The van der Waals surface area contributed by atoms with E-state index >= 15 is 0 Å². The Balaban J connectivity index is 2.92. The van der Waals surface area contributed by atoms with Crippen molar-refractivity contribution in [2.75, 3.05) is 0 Å². The molecule has 5 heteroatoms. The Morgan fingerprint density at radius 3 is 2.80 bits per heavy atom. The molecular weight excluding hydrogens is 214 g/mol. The first-order valence-electron chi connectivity index (χ1n) is 4.33. The van der Waals surface area contributed by atoms with E-state index < -0.39 is 5.97 Å². The number of hydrogen-bond acceptors (Lipinski definition) is 3. The number of rotatable bonds is 2. The standard InChI is InChI=1S/C10H9NO3S/c1-5-3-7-9(15-5)6(4-12)8(10(13)14)11(7)2/h3-4H,1-2H3,(H,13,14). The van der Waals surface area contributed by atoms with E-state index in [1.807, 2.05) is 13.0 Å². The fraction of sp³-hybridized carbons (Fsp3) is 0.200. The molecule has 2 heterocycles. The monoisotopic (exact) mass is 223 g/mol. The Morgan fingerprint density at radius 2 is 2.27 bits per heavy atom. The van der Waals surface area contributed by atoms with Crippen molar-refractivity contribution in [1.82, 2.24) is 4.57 Å². The summed E-state index contributed by atoms with van der Waals surface area (Å²) in [6.07, 6.45) is 0.613. The maximum Gasteiger partial charge on any atom is 0.353 e. The molecule has 0 radical (unpaired) electrons. The average molecular weight is 223 g/mol. The molecule has 2 aromatic heterocycles. The molecule has 0 aliphatic rings. The van der Waals surface area contributed by atoms with Crippen molar-refractivity contribution in [3.8, 4) is 0 Å². The van der Waals surface area contributed by atoms with Crippen LogP contribution in [-0.2, 0) is 7.05 Å². The van der Waals surface area contributed by atoms with Crippen LogP contribution in [0.4, 0.5) is 0 Å². The summed E-state index contributed by atoms with van der Waals surface area (Å²) in [5.41, 5.74) is 1.14. The van der Waals surface area contributed by atoms with Crippen molar-refractivity contribution in [3.05, 3.63) is 22.2 Å². The number of thiophene rings is 1. The third-order valence-corrected chi connectivity index (χ3v) is 3.43. The van der Waals surface area contributed by atoms with Gasteiger partial charge in [0.15, 0.2) is 6.29 Å². The second kappa shape index (κ2) is 3.20. The third-order valence-electron chi connectivity index (χ3n) is 2.35. The molecule has 0 aliphatic carbocycles. The number of carboxylic acids is 1. The van der Waals surface area contributed by atoms with Gasteiger partial charge in [-0.15, -0.1) is 11.3 Å². The Labute approximate surface area is 89.7 Å². The van der Waals surface area contributed by atoms with E-state index in [0.29, 0.717) is 6.29 Å². The highest BCUT2D eigenvalue weighted by Gasteiger charge is 2.21. The highest BCUT2D eigenvalue weighted by molar-refractivity contribution is 7.19. The van der Waals surface area contributed by atoms with Gasteiger partial charge in [0.2, 0.25) is 0 Å². The molecule has 78 valence electrons. The number of carboxylic acid groups (broad SMARTS) is 1. The van der Waals surface area contributed by atoms with Gasteiger partial charge in [0, 0.05) is 11.9 Å². The van der Waals surface area contributed by atoms with E-state index in [2.05, 4.69) is 0 Å². The van der Waals surface area contributed by atoms with Crippen molar-refractivity contribution in [3.63, 3.8) is 0 Å². The number of aryl methyl sites for hydroxylation is 2. The predicted molar refractivity (Wildman–Crippen MR) is 57.9 cm³/mol. The zero-order chi connectivity index (χ0) is 11.2. The molecule has 0 aliphatic heterocycles. The van der Waals surface area contributed by atoms with Crippen LogP contribution in [-0.4, -0.2) is 21.9 Å². The highest BCUT2D eigenvalue weighted by Crippen LogP contribution is 2.31. The number of aromatic nitrogens is 1. The van der Waals surface area contributed by atoms with Crippen LogP contribution < -0.4 is 0 Å². The van der Waals surface area contributed by atoms with Gasteiger partial charge >= 0.3 is 5.97 Å². The Morgan fingerprint density at radius 1 is 1.60 bits per heavy atom. The number of aldehydes is 1. The quantitative estimate of drug-likeness (QED) is 0.793. The average Bonchev–Trinajstić information content (AvgIpc) is 2.63. The lowest BCUT2D eigenvalue weighted by Crippen LogP contribution is -2.06. The fourth-order valence-electron chi connectivity index (χ4n) is 1.72. The van der Waals surface area contributed by atoms with Crippen LogP contribution >= 0.6 is 11.3 Å². The number of carbonyl (C=O) groups is 2. The molecule has 0 bridgehead atoms. The minimum Gasteiger partial charge on any atom is -0.477 e. The van der Waals surface area contributed by atoms with E-state index in [-0.39, 0.29) is 11.3 Å². The number of nitrogens with zero attached hydrogens (tertiary/aromatic N) is 1. The second-order valence-corrected chi connectivity index (χ2v) is 4.57. The molecule has 0 aromatic carbocycles. The van der Waals surface area contributed by atoms with E-state index in [0.717, 1.165) is 15.1 Å². The largest absolute Gasteiger partial charge is 0.477 e. The molecule has 0 atom stereocenters. The molecule has 2 rings (SSSR count). The Hall–Kier alpha value is -1.62. The molecule has 0 unspecified atom stereocenters. The lowest BCUT2D eigenvalue weighted by molar-refractivity contribution is 0.0684. The van der Waals surface area contributed by atoms with Crippen LogP contribution in [0.1, 0.15) is 25.7 Å². The topological polar surface area (TPSA) is 59.3 Å². The normalized spacial score (nSPS) is 10.8. The van der Waals surface area contributed by atoms with Crippen LogP contribution in [0.25, 0.3) is 10.2 Å². The number of hydrogen-bond donors (Lipinski definition) is 1. The minimum atomic E-state index is -1.07. The van der Waals surface area contributed by atoms with Crippen LogP contribution in [0.3, 0.4) is 0 Å². The minimum absolute atomic E-state index is 0.0613. The zero-order valence-corrected chi connectivity index (χ0v) is 9.09. The van der Waals surface area contributed by atoms with Gasteiger partial charge in [0.25, 0.3) is 0 Å². The van der Waals surface area contributed by atoms with Gasteiger partial charge in [-0.1, -0.05) is 0 Å². The molecule has 0 saturated carbocycles. The van der Waals surface area contributed by atoms with Gasteiger partial charge in [-0.3, -0.25) is 4.79 Å². The molecule has 15 heavy (non-hydrogen) atoms. The highest BCUT2D eigenvalue weighted by atomic mass is 32.1. The Kier molecular flexibility index (Phi) is 2.12. The van der Waals surface area contributed by atoms with E-state index in [4.69, 9.17) is 5.11 Å². The molecule has 1 N–H and O–H groups in total. The lowest BCUT2D eigenvalue weighted by Gasteiger charge is -1.98. The summed E-state index contributed by atoms with van der Waals surface area (Å²) in [7, 11) is 1.66. The predicted octanol–water partition coefficient (Wildman–Crippen LogP) is 2.06. The summed E-state index contributed by atoms with van der Waals surface area (Å²) in [5, 5.41) is 8.99. The van der Waals surface area contributed by atoms with Crippen molar-refractivity contribution < 1.29 is 14.7 Å². The van der Waals surface area contributed by atoms with Gasteiger partial charge < -0.3 is 9.67 Å². The van der Waals surface area contributed by atoms with E-state index in [1.165, 1.54) is 11.3 Å². The number of aromatic carboxylic acids is 1. The molecule has 0 amide bonds. The van der Waals surface area contributed by atoms with Crippen molar-refractivity contribution in [2.24, 2.45) is 7.05 Å². The van der Waals surface area contributed by atoms with Gasteiger partial charge in [-0.2, -0.15) is 0 Å². The number of fused-ring (bicyclic) bond motifs is 1. The lowest BCUT2D eigenvalue weighted by atomic mass is 10.2. The van der Waals surface area contributed by atoms with Gasteiger partial charge in [0.1, 0.15) is 5.69 Å². The fourth-order valence-corrected chi connectivity index (χ4v) is 2.77. The molecular formula is C10H9NO3S. The summed E-state index contributed by atoms with van der Waals surface area (Å²) < 4.78 is 2.30. The summed E-state index contributed by atoms with van der Waals surface area (Å²) in [4.78, 5) is 22.9. The molecule has 2 aromatic rings. The van der Waals surface area contributed by atoms with Crippen LogP contribution in [0.5, 0.6) is 0 Å². The molecule has 0 fully saturated rings. The first-order chi connectivity index (χ1) is 7.06. The SMILES string of the molecule is Cc1cc2c(s1)c(C=O)c(C(=O)O)n2C. The first-order valence-corrected chi connectivity index (χ1v) is 5.15. The molecule has 4 nitrogen and oxygen atoms in total. The van der Waals surface area contributed by atoms with E-state index in [1.54, 1.807) is 11.6 Å². The van der Waals surface area contributed by atoms with Crippen molar-refractivity contribution >= 4 is 33.8 Å². The summed E-state index contributed by atoms with van der Waals surface area (Å²) in [5.74, 6) is -1.07. The van der Waals surface area contributed by atoms with Crippen molar-refractivity contribution in [2.45, 2.75) is 6.92 Å². The van der Waals surface area contributed by atoms with Crippen LogP contribution in [0, 0.1) is 6.92 Å². The molecule has 0 saturated heterocycles. The van der Waals surface area contributed by atoms with Gasteiger partial charge in [-0.25, -0.2) is 4.79 Å². The summed E-state index contributed by atoms with van der Waals surface area (Å²) in [6, 6.07) is 1.89. The van der Waals surface area contributed by atoms with Gasteiger partial charge in [0.05, 0.1) is 15.8 Å². The summed E-state index contributed by atoms with van der Waals surface area (Å²) >= 11 is 1.44.